The normalized spacial score (nSPS) is 15.5. The molecule has 0 bridgehead atoms. The number of hydrogen-bond donors (Lipinski definition) is 0. The van der Waals surface area contributed by atoms with Crippen LogP contribution in [0.5, 0.6) is 11.5 Å². The van der Waals surface area contributed by atoms with E-state index in [1.807, 2.05) is 13.8 Å². The van der Waals surface area contributed by atoms with E-state index in [0.717, 1.165) is 22.7 Å². The molecule has 0 aliphatic carbocycles. The lowest BCUT2D eigenvalue weighted by molar-refractivity contribution is -0.123. The van der Waals surface area contributed by atoms with Crippen LogP contribution in [0.4, 0.5) is 9.18 Å². The number of imide groups is 1. The highest BCUT2D eigenvalue weighted by atomic mass is 35.5. The molecule has 1 fully saturated rings. The molecule has 0 atom stereocenters. The number of amides is 2. The number of carbonyl (C=O) groups excluding carboxylic acids is 2. The van der Waals surface area contributed by atoms with Crippen molar-refractivity contribution in [2.75, 3.05) is 7.11 Å². The van der Waals surface area contributed by atoms with Crippen molar-refractivity contribution in [1.82, 2.24) is 4.90 Å². The fraction of sp³-hybridized carbons (Fsp3) is 0.238. The maximum atomic E-state index is 13.2. The second-order valence-corrected chi connectivity index (χ2v) is 7.98. The number of hydrogen-bond acceptors (Lipinski definition) is 5. The molecule has 5 nitrogen and oxygen atoms in total. The zero-order valence-corrected chi connectivity index (χ0v) is 17.6. The van der Waals surface area contributed by atoms with Crippen LogP contribution in [0.25, 0.3) is 6.08 Å². The molecule has 1 aliphatic heterocycles. The summed E-state index contributed by atoms with van der Waals surface area (Å²) in [4.78, 5) is 26.4. The van der Waals surface area contributed by atoms with Gasteiger partial charge in [-0.15, -0.1) is 0 Å². The van der Waals surface area contributed by atoms with Gasteiger partial charge in [-0.2, -0.15) is 0 Å². The molecule has 2 aromatic carbocycles. The number of nitrogens with zero attached hydrogens (tertiary/aromatic N) is 1. The summed E-state index contributed by atoms with van der Waals surface area (Å²) in [5, 5.41) is -0.244. The van der Waals surface area contributed by atoms with Crippen LogP contribution in [0.3, 0.4) is 0 Å². The number of ether oxygens (including phenoxy) is 2. The van der Waals surface area contributed by atoms with Gasteiger partial charge in [-0.25, -0.2) is 4.39 Å². The monoisotopic (exact) mass is 435 g/mol. The third kappa shape index (κ3) is 4.92. The van der Waals surface area contributed by atoms with E-state index < -0.39 is 17.0 Å². The molecule has 8 heteroatoms. The minimum Gasteiger partial charge on any atom is -0.493 e. The lowest BCUT2D eigenvalue weighted by atomic mass is 10.1. The Balaban J connectivity index is 1.82. The highest BCUT2D eigenvalue weighted by Crippen LogP contribution is 2.36. The predicted octanol–water partition coefficient (Wildman–Crippen LogP) is 5.51. The molecule has 152 valence electrons. The van der Waals surface area contributed by atoms with Crippen LogP contribution in [-0.4, -0.2) is 29.3 Å². The highest BCUT2D eigenvalue weighted by Gasteiger charge is 2.35. The molecule has 0 radical (unpaired) electrons. The molecule has 0 spiro atoms. The Morgan fingerprint density at radius 3 is 2.59 bits per heavy atom. The van der Waals surface area contributed by atoms with Crippen molar-refractivity contribution in [2.45, 2.75) is 26.5 Å². The second-order valence-electron chi connectivity index (χ2n) is 6.58. The summed E-state index contributed by atoms with van der Waals surface area (Å²) in [5.74, 6) is 0.219. The average molecular weight is 436 g/mol. The fourth-order valence-electron chi connectivity index (χ4n) is 2.73. The number of thioether (sulfide) groups is 1. The molecule has 1 saturated heterocycles. The summed E-state index contributed by atoms with van der Waals surface area (Å²) in [6.07, 6.45) is 1.61. The van der Waals surface area contributed by atoms with Crippen LogP contribution in [0.2, 0.25) is 5.02 Å². The summed E-state index contributed by atoms with van der Waals surface area (Å²) < 4.78 is 24.3. The third-order valence-corrected chi connectivity index (χ3v) is 5.32. The van der Waals surface area contributed by atoms with Crippen molar-refractivity contribution >= 4 is 40.6 Å². The van der Waals surface area contributed by atoms with Gasteiger partial charge in [-0.1, -0.05) is 23.7 Å². The Hall–Kier alpha value is -2.51. The van der Waals surface area contributed by atoms with Gasteiger partial charge in [0.15, 0.2) is 11.5 Å². The van der Waals surface area contributed by atoms with Crippen LogP contribution >= 0.6 is 23.4 Å². The molecule has 3 rings (SSSR count). The minimum atomic E-state index is -0.480. The summed E-state index contributed by atoms with van der Waals surface area (Å²) >= 11 is 6.86. The molecule has 2 amide bonds. The fourth-order valence-corrected chi connectivity index (χ4v) is 3.80. The van der Waals surface area contributed by atoms with Gasteiger partial charge in [0.05, 0.1) is 24.7 Å². The van der Waals surface area contributed by atoms with Gasteiger partial charge in [-0.05, 0) is 67.1 Å². The predicted molar refractivity (Wildman–Crippen MR) is 112 cm³/mol. The summed E-state index contributed by atoms with van der Waals surface area (Å²) in [6.45, 7) is 3.80. The Labute approximate surface area is 177 Å². The van der Waals surface area contributed by atoms with Crippen molar-refractivity contribution in [3.05, 3.63) is 63.3 Å². The molecule has 0 N–H and O–H groups in total. The van der Waals surface area contributed by atoms with E-state index in [9.17, 15) is 14.0 Å². The molecule has 0 aromatic heterocycles. The van der Waals surface area contributed by atoms with Gasteiger partial charge >= 0.3 is 0 Å². The number of rotatable bonds is 6. The first-order chi connectivity index (χ1) is 13.8. The first kappa shape index (κ1) is 21.2. The maximum absolute atomic E-state index is 13.2. The number of methoxy groups -OCH3 is 1. The van der Waals surface area contributed by atoms with Crippen LogP contribution < -0.4 is 9.47 Å². The van der Waals surface area contributed by atoms with Gasteiger partial charge in [0, 0.05) is 5.02 Å². The van der Waals surface area contributed by atoms with Crippen molar-refractivity contribution in [3.63, 3.8) is 0 Å². The molecular weight excluding hydrogens is 417 g/mol. The van der Waals surface area contributed by atoms with Crippen molar-refractivity contribution in [2.24, 2.45) is 0 Å². The summed E-state index contributed by atoms with van der Waals surface area (Å²) in [5.41, 5.74) is 1.19. The standard InChI is InChI=1S/C21H19ClFNO4S/c1-12(2)28-17-7-4-13(8-18(17)27-3)9-19-20(25)24(21(26)29-19)11-14-5-6-15(23)10-16(14)22/h4-10,12H,11H2,1-3H3/b19-9-. The largest absolute Gasteiger partial charge is 0.493 e. The van der Waals surface area contributed by atoms with E-state index in [1.54, 1.807) is 24.3 Å². The molecule has 2 aromatic rings. The lowest BCUT2D eigenvalue weighted by Crippen LogP contribution is -2.27. The third-order valence-electron chi connectivity index (χ3n) is 4.07. The van der Waals surface area contributed by atoms with Gasteiger partial charge in [0.1, 0.15) is 5.82 Å². The lowest BCUT2D eigenvalue weighted by Gasteiger charge is -2.14. The zero-order chi connectivity index (χ0) is 21.1. The average Bonchev–Trinajstić information content (AvgIpc) is 2.92. The minimum absolute atomic E-state index is 0.00969. The number of benzene rings is 2. The topological polar surface area (TPSA) is 55.8 Å². The smallest absolute Gasteiger partial charge is 0.293 e. The summed E-state index contributed by atoms with van der Waals surface area (Å²) in [7, 11) is 1.53. The van der Waals surface area contributed by atoms with Crippen LogP contribution in [0.1, 0.15) is 25.0 Å². The number of carbonyl (C=O) groups is 2. The van der Waals surface area contributed by atoms with E-state index in [4.69, 9.17) is 21.1 Å². The Bertz CT molecular complexity index is 993. The molecular formula is C21H19ClFNO4S. The first-order valence-corrected chi connectivity index (χ1v) is 10.0. The van der Waals surface area contributed by atoms with Crippen LogP contribution in [-0.2, 0) is 11.3 Å². The first-order valence-electron chi connectivity index (χ1n) is 8.82. The van der Waals surface area contributed by atoms with Crippen molar-refractivity contribution in [1.29, 1.82) is 0 Å². The zero-order valence-electron chi connectivity index (χ0n) is 16.1. The van der Waals surface area contributed by atoms with E-state index in [0.29, 0.717) is 22.6 Å². The van der Waals surface area contributed by atoms with Crippen LogP contribution in [0, 0.1) is 5.82 Å². The Morgan fingerprint density at radius 2 is 1.93 bits per heavy atom. The van der Waals surface area contributed by atoms with Gasteiger partial charge < -0.3 is 9.47 Å². The van der Waals surface area contributed by atoms with Crippen LogP contribution in [0.15, 0.2) is 41.3 Å². The van der Waals surface area contributed by atoms with Gasteiger partial charge in [0.25, 0.3) is 11.1 Å². The molecule has 0 saturated carbocycles. The Kier molecular flexibility index (Phi) is 6.49. The SMILES string of the molecule is COc1cc(/C=C2\SC(=O)N(Cc3ccc(F)cc3Cl)C2=O)ccc1OC(C)C. The van der Waals surface area contributed by atoms with E-state index in [-0.39, 0.29) is 22.6 Å². The quantitative estimate of drug-likeness (QED) is 0.560. The van der Waals surface area contributed by atoms with E-state index in [1.165, 1.54) is 19.2 Å². The molecule has 1 aliphatic rings. The number of halogens is 2. The maximum Gasteiger partial charge on any atom is 0.293 e. The van der Waals surface area contributed by atoms with Crippen molar-refractivity contribution < 1.29 is 23.5 Å². The molecule has 0 unspecified atom stereocenters. The van der Waals surface area contributed by atoms with Gasteiger partial charge in [0.2, 0.25) is 0 Å². The van der Waals surface area contributed by atoms with E-state index in [2.05, 4.69) is 0 Å². The van der Waals surface area contributed by atoms with Gasteiger partial charge in [-0.3, -0.25) is 14.5 Å². The second kappa shape index (κ2) is 8.88. The molecule has 29 heavy (non-hydrogen) atoms. The van der Waals surface area contributed by atoms with Crippen molar-refractivity contribution in [3.8, 4) is 11.5 Å². The molecule has 1 heterocycles. The highest BCUT2D eigenvalue weighted by molar-refractivity contribution is 8.18. The Morgan fingerprint density at radius 1 is 1.17 bits per heavy atom. The van der Waals surface area contributed by atoms with E-state index >= 15 is 0 Å². The summed E-state index contributed by atoms with van der Waals surface area (Å²) in [6, 6.07) is 9.13.